The van der Waals surface area contributed by atoms with Gasteiger partial charge in [-0.05, 0) is 13.8 Å². The number of nitrogens with zero attached hydrogens (tertiary/aromatic N) is 1. The van der Waals surface area contributed by atoms with E-state index in [1.54, 1.807) is 13.8 Å². The van der Waals surface area contributed by atoms with Crippen LogP contribution >= 0.6 is 0 Å². The van der Waals surface area contributed by atoms with Crippen molar-refractivity contribution in [3.63, 3.8) is 0 Å². The van der Waals surface area contributed by atoms with Crippen LogP contribution in [-0.2, 0) is 4.79 Å². The first-order valence-corrected chi connectivity index (χ1v) is 2.86. The molecule has 1 heterocycles. The Bertz CT molecular complexity index is 199. The smallest absolute Gasteiger partial charge is 0.322 e. The van der Waals surface area contributed by atoms with Crippen LogP contribution in [0.4, 0.5) is 4.79 Å². The molecule has 0 saturated carbocycles. The van der Waals surface area contributed by atoms with Crippen molar-refractivity contribution < 1.29 is 9.59 Å². The lowest BCUT2D eigenvalue weighted by Gasteiger charge is -2.12. The van der Waals surface area contributed by atoms with E-state index in [1.165, 1.54) is 0 Å². The molecule has 1 rings (SSSR count). The summed E-state index contributed by atoms with van der Waals surface area (Å²) in [4.78, 5) is 21.6. The van der Waals surface area contributed by atoms with Gasteiger partial charge in [0, 0.05) is 0 Å². The largest absolute Gasteiger partial charge is 0.339 e. The molecule has 1 saturated heterocycles. The summed E-state index contributed by atoms with van der Waals surface area (Å²) in [7, 11) is 0. The number of hydrazine groups is 1. The van der Waals surface area contributed by atoms with Crippen molar-refractivity contribution >= 4 is 11.9 Å². The summed E-state index contributed by atoms with van der Waals surface area (Å²) in [5.74, 6) is 4.66. The van der Waals surface area contributed by atoms with E-state index < -0.39 is 17.5 Å². The molecule has 3 N–H and O–H groups in total. The third kappa shape index (κ3) is 0.750. The lowest BCUT2D eigenvalue weighted by molar-refractivity contribution is -0.130. The van der Waals surface area contributed by atoms with Gasteiger partial charge in [-0.15, -0.1) is 0 Å². The maximum absolute atomic E-state index is 11.0. The molecular formula is C5H9N3O2. The van der Waals surface area contributed by atoms with E-state index in [0.717, 1.165) is 0 Å². The summed E-state index contributed by atoms with van der Waals surface area (Å²) in [5.41, 5.74) is -0.841. The molecule has 0 spiro atoms. The number of hydrogen-bond donors (Lipinski definition) is 2. The van der Waals surface area contributed by atoms with Crippen molar-refractivity contribution in [3.05, 3.63) is 0 Å². The zero-order valence-electron chi connectivity index (χ0n) is 5.84. The first kappa shape index (κ1) is 7.01. The fourth-order valence-electron chi connectivity index (χ4n) is 0.774. The quantitative estimate of drug-likeness (QED) is 0.264. The predicted molar refractivity (Wildman–Crippen MR) is 33.6 cm³/mol. The Morgan fingerprint density at radius 1 is 1.50 bits per heavy atom. The minimum Gasteiger partial charge on any atom is -0.322 e. The van der Waals surface area contributed by atoms with E-state index in [4.69, 9.17) is 5.84 Å². The number of urea groups is 1. The zero-order valence-corrected chi connectivity index (χ0v) is 5.84. The molecular weight excluding hydrogens is 134 g/mol. The minimum absolute atomic E-state index is 0.405. The Hall–Kier alpha value is -1.10. The molecule has 0 bridgehead atoms. The number of rotatable bonds is 0. The van der Waals surface area contributed by atoms with Crippen molar-refractivity contribution in [2.24, 2.45) is 5.84 Å². The number of amides is 3. The molecule has 3 amide bonds. The lowest BCUT2D eigenvalue weighted by atomic mass is 10.1. The molecule has 0 aliphatic carbocycles. The molecule has 1 aliphatic rings. The fourth-order valence-corrected chi connectivity index (χ4v) is 0.774. The number of imide groups is 1. The van der Waals surface area contributed by atoms with Crippen LogP contribution in [0.2, 0.25) is 0 Å². The highest BCUT2D eigenvalue weighted by Crippen LogP contribution is 2.12. The average Bonchev–Trinajstić information content (AvgIpc) is 1.95. The average molecular weight is 143 g/mol. The summed E-state index contributed by atoms with van der Waals surface area (Å²) in [6.07, 6.45) is 0. The van der Waals surface area contributed by atoms with Crippen molar-refractivity contribution in [1.29, 1.82) is 0 Å². The minimum atomic E-state index is -0.841. The van der Waals surface area contributed by atoms with Gasteiger partial charge in [-0.1, -0.05) is 0 Å². The van der Waals surface area contributed by atoms with E-state index in [9.17, 15) is 9.59 Å². The molecule has 1 fully saturated rings. The first-order valence-electron chi connectivity index (χ1n) is 2.86. The van der Waals surface area contributed by atoms with Gasteiger partial charge >= 0.3 is 6.03 Å². The Morgan fingerprint density at radius 3 is 2.10 bits per heavy atom. The van der Waals surface area contributed by atoms with Crippen molar-refractivity contribution in [3.8, 4) is 0 Å². The Kier molecular flexibility index (Phi) is 1.19. The second-order valence-corrected chi connectivity index (χ2v) is 2.73. The second kappa shape index (κ2) is 1.69. The van der Waals surface area contributed by atoms with E-state index in [2.05, 4.69) is 5.32 Å². The first-order chi connectivity index (χ1) is 4.45. The molecule has 1 aliphatic heterocycles. The van der Waals surface area contributed by atoms with Gasteiger partial charge in [-0.3, -0.25) is 4.79 Å². The van der Waals surface area contributed by atoms with Gasteiger partial charge in [-0.25, -0.2) is 10.6 Å². The van der Waals surface area contributed by atoms with E-state index in [0.29, 0.717) is 5.01 Å². The van der Waals surface area contributed by atoms with Crippen LogP contribution in [0.25, 0.3) is 0 Å². The number of carbonyl (C=O) groups is 2. The van der Waals surface area contributed by atoms with Gasteiger partial charge in [0.25, 0.3) is 5.91 Å². The summed E-state index contributed by atoms with van der Waals surface area (Å²) in [6, 6.07) is -0.546. The highest BCUT2D eigenvalue weighted by Gasteiger charge is 2.42. The molecule has 0 atom stereocenters. The monoisotopic (exact) mass is 143 g/mol. The number of carbonyl (C=O) groups excluding carboxylic acids is 2. The van der Waals surface area contributed by atoms with E-state index >= 15 is 0 Å². The Labute approximate surface area is 58.1 Å². The Balaban J connectivity index is 2.92. The maximum atomic E-state index is 11.0. The Morgan fingerprint density at radius 2 is 2.00 bits per heavy atom. The molecule has 0 aromatic carbocycles. The summed E-state index contributed by atoms with van der Waals surface area (Å²) >= 11 is 0. The lowest BCUT2D eigenvalue weighted by Crippen LogP contribution is -2.41. The number of hydrogen-bond acceptors (Lipinski definition) is 3. The zero-order chi connectivity index (χ0) is 7.94. The molecule has 0 unspecified atom stereocenters. The van der Waals surface area contributed by atoms with Crippen LogP contribution in [-0.4, -0.2) is 22.5 Å². The van der Waals surface area contributed by atoms with Crippen LogP contribution in [0, 0.1) is 0 Å². The molecule has 10 heavy (non-hydrogen) atoms. The fraction of sp³-hybridized carbons (Fsp3) is 0.600. The van der Waals surface area contributed by atoms with Gasteiger partial charge in [-0.2, -0.15) is 5.01 Å². The summed E-state index contributed by atoms with van der Waals surface area (Å²) < 4.78 is 0. The topological polar surface area (TPSA) is 75.4 Å². The van der Waals surface area contributed by atoms with Gasteiger partial charge in [0.1, 0.15) is 5.54 Å². The van der Waals surface area contributed by atoms with Crippen molar-refractivity contribution in [2.45, 2.75) is 19.4 Å². The molecule has 0 aromatic heterocycles. The van der Waals surface area contributed by atoms with Crippen LogP contribution in [0.3, 0.4) is 0 Å². The highest BCUT2D eigenvalue weighted by molar-refractivity contribution is 6.05. The van der Waals surface area contributed by atoms with E-state index in [-0.39, 0.29) is 0 Å². The molecule has 5 nitrogen and oxygen atoms in total. The second-order valence-electron chi connectivity index (χ2n) is 2.73. The summed E-state index contributed by atoms with van der Waals surface area (Å²) in [5, 5.41) is 2.99. The van der Waals surface area contributed by atoms with Crippen LogP contribution in [0.1, 0.15) is 13.8 Å². The summed E-state index contributed by atoms with van der Waals surface area (Å²) in [6.45, 7) is 3.19. The molecule has 0 aromatic rings. The molecule has 56 valence electrons. The third-order valence-corrected chi connectivity index (χ3v) is 1.39. The standard InChI is InChI=1S/C5H9N3O2/c1-5(2)3(9)8(6)4(10)7-5/h6H2,1-2H3,(H,7,10). The van der Waals surface area contributed by atoms with Crippen molar-refractivity contribution in [1.82, 2.24) is 10.3 Å². The predicted octanol–water partition coefficient (Wildman–Crippen LogP) is -0.810. The van der Waals surface area contributed by atoms with Crippen molar-refractivity contribution in [2.75, 3.05) is 0 Å². The van der Waals surface area contributed by atoms with Crippen LogP contribution in [0.15, 0.2) is 0 Å². The normalized spacial score (nSPS) is 23.3. The SMILES string of the molecule is CC1(C)NC(=O)N(N)C1=O. The van der Waals surface area contributed by atoms with Crippen LogP contribution in [0.5, 0.6) is 0 Å². The van der Waals surface area contributed by atoms with Gasteiger partial charge < -0.3 is 5.32 Å². The van der Waals surface area contributed by atoms with Gasteiger partial charge in [0.2, 0.25) is 0 Å². The number of nitrogens with one attached hydrogen (secondary N) is 1. The van der Waals surface area contributed by atoms with E-state index in [1.807, 2.05) is 0 Å². The number of nitrogens with two attached hydrogens (primary N) is 1. The molecule has 0 radical (unpaired) electrons. The highest BCUT2D eigenvalue weighted by atomic mass is 16.2. The van der Waals surface area contributed by atoms with Crippen LogP contribution < -0.4 is 11.2 Å². The third-order valence-electron chi connectivity index (χ3n) is 1.39. The maximum Gasteiger partial charge on any atom is 0.339 e. The van der Waals surface area contributed by atoms with Gasteiger partial charge in [0.05, 0.1) is 0 Å². The molecule has 5 heteroatoms. The van der Waals surface area contributed by atoms with Gasteiger partial charge in [0.15, 0.2) is 0 Å².